The van der Waals surface area contributed by atoms with Crippen LogP contribution in [-0.2, 0) is 9.47 Å². The van der Waals surface area contributed by atoms with Crippen LogP contribution in [0.15, 0.2) is 0 Å². The Balaban J connectivity index is 1.91. The van der Waals surface area contributed by atoms with Crippen molar-refractivity contribution in [1.82, 2.24) is 9.88 Å². The molecule has 2 fully saturated rings. The largest absolute Gasteiger partial charge is 0.348 e. The number of carbonyl (C=O) groups excluding carboxylic acids is 1. The Morgan fingerprint density at radius 1 is 1.04 bits per heavy atom. The number of hydrogen-bond donors (Lipinski definition) is 0. The van der Waals surface area contributed by atoms with Crippen molar-refractivity contribution < 1.29 is 14.3 Å². The number of nitrogens with zero attached hydrogens (tertiary/aromatic N) is 2. The number of ether oxygens (including phenoxy) is 2. The second-order valence-corrected chi connectivity index (χ2v) is 6.86. The first-order valence-electron chi connectivity index (χ1n) is 7.25. The third-order valence-corrected chi connectivity index (χ3v) is 5.64. The number of amides is 1. The van der Waals surface area contributed by atoms with Gasteiger partial charge in [-0.1, -0.05) is 46.4 Å². The van der Waals surface area contributed by atoms with Gasteiger partial charge in [-0.25, -0.2) is 4.98 Å². The second-order valence-electron chi connectivity index (χ2n) is 5.36. The van der Waals surface area contributed by atoms with Crippen molar-refractivity contribution in [3.8, 4) is 0 Å². The number of piperidine rings is 1. The lowest BCUT2D eigenvalue weighted by Gasteiger charge is -2.37. The number of carbonyl (C=O) groups is 1. The molecule has 0 N–H and O–H groups in total. The fourth-order valence-electron chi connectivity index (χ4n) is 2.86. The van der Waals surface area contributed by atoms with Crippen LogP contribution in [0, 0.1) is 0 Å². The number of rotatable bonds is 2. The zero-order valence-corrected chi connectivity index (χ0v) is 15.1. The van der Waals surface area contributed by atoms with Gasteiger partial charge < -0.3 is 14.4 Å². The van der Waals surface area contributed by atoms with E-state index in [0.29, 0.717) is 19.8 Å². The maximum Gasteiger partial charge on any atom is 0.274 e. The summed E-state index contributed by atoms with van der Waals surface area (Å²) in [4.78, 5) is 18.6. The first-order chi connectivity index (χ1) is 11.0. The zero-order valence-electron chi connectivity index (χ0n) is 12.0. The summed E-state index contributed by atoms with van der Waals surface area (Å²) in [5, 5.41) is 0.0149. The highest BCUT2D eigenvalue weighted by Gasteiger charge is 2.38. The molecular weight excluding hydrogens is 386 g/mol. The van der Waals surface area contributed by atoms with Gasteiger partial charge in [-0.2, -0.15) is 0 Å². The van der Waals surface area contributed by atoms with E-state index >= 15 is 0 Å². The molecular formula is C14H14Cl4N2O3. The monoisotopic (exact) mass is 398 g/mol. The van der Waals surface area contributed by atoms with Crippen LogP contribution in [0.3, 0.4) is 0 Å². The highest BCUT2D eigenvalue weighted by Crippen LogP contribution is 2.37. The van der Waals surface area contributed by atoms with Gasteiger partial charge >= 0.3 is 0 Å². The van der Waals surface area contributed by atoms with Gasteiger partial charge in [0, 0.05) is 6.54 Å². The van der Waals surface area contributed by atoms with E-state index in [4.69, 9.17) is 55.9 Å². The van der Waals surface area contributed by atoms with Crippen LogP contribution in [0.2, 0.25) is 20.2 Å². The summed E-state index contributed by atoms with van der Waals surface area (Å²) in [6.07, 6.45) is 2.27. The van der Waals surface area contributed by atoms with Crippen molar-refractivity contribution >= 4 is 52.3 Å². The molecule has 0 radical (unpaired) electrons. The SMILES string of the molecule is O=C(c1nc(Cl)c(Cl)c(Cl)c1Cl)N1CCCCC1C1OCCO1. The van der Waals surface area contributed by atoms with Crippen molar-refractivity contribution in [2.45, 2.75) is 31.6 Å². The lowest BCUT2D eigenvalue weighted by molar-refractivity contribution is -0.100. The smallest absolute Gasteiger partial charge is 0.274 e. The predicted octanol–water partition coefficient (Wildman–Crippen LogP) is 4.06. The van der Waals surface area contributed by atoms with Crippen molar-refractivity contribution in [1.29, 1.82) is 0 Å². The van der Waals surface area contributed by atoms with E-state index in [1.165, 1.54) is 0 Å². The predicted molar refractivity (Wildman–Crippen MR) is 88.6 cm³/mol. The maximum absolute atomic E-state index is 12.9. The van der Waals surface area contributed by atoms with Crippen molar-refractivity contribution in [2.75, 3.05) is 19.8 Å². The van der Waals surface area contributed by atoms with Crippen LogP contribution in [0.5, 0.6) is 0 Å². The second kappa shape index (κ2) is 7.30. The lowest BCUT2D eigenvalue weighted by Crippen LogP contribution is -2.50. The van der Waals surface area contributed by atoms with Crippen LogP contribution in [0.25, 0.3) is 0 Å². The van der Waals surface area contributed by atoms with Gasteiger partial charge in [0.15, 0.2) is 6.29 Å². The Hall–Kier alpha value is -0.300. The minimum absolute atomic E-state index is 0.00338. The highest BCUT2D eigenvalue weighted by molar-refractivity contribution is 6.52. The molecule has 1 aromatic heterocycles. The van der Waals surface area contributed by atoms with Crippen LogP contribution < -0.4 is 0 Å². The summed E-state index contributed by atoms with van der Waals surface area (Å²) in [5.74, 6) is -0.348. The molecule has 2 aliphatic rings. The molecule has 0 aliphatic carbocycles. The standard InChI is InChI=1S/C14H14Cl4N2O3/c15-8-9(16)11(19-12(18)10(8)17)13(21)20-4-2-1-3-7(20)14-22-5-6-23-14/h7,14H,1-6H2. The number of pyridine rings is 1. The number of hydrogen-bond acceptors (Lipinski definition) is 4. The number of likely N-dealkylation sites (tertiary alicyclic amines) is 1. The minimum atomic E-state index is -0.420. The molecule has 0 saturated carbocycles. The maximum atomic E-state index is 12.9. The molecule has 3 heterocycles. The fourth-order valence-corrected chi connectivity index (χ4v) is 3.67. The molecule has 1 amide bonds. The van der Waals surface area contributed by atoms with Crippen molar-refractivity contribution in [2.24, 2.45) is 0 Å². The number of aromatic nitrogens is 1. The summed E-state index contributed by atoms with van der Waals surface area (Å²) >= 11 is 24.0. The summed E-state index contributed by atoms with van der Waals surface area (Å²) in [5.41, 5.74) is -0.00374. The van der Waals surface area contributed by atoms with Gasteiger partial charge in [-0.05, 0) is 19.3 Å². The average Bonchev–Trinajstić information content (AvgIpc) is 3.10. The molecule has 1 atom stereocenters. The number of halogens is 4. The van der Waals surface area contributed by atoms with E-state index < -0.39 is 6.29 Å². The van der Waals surface area contributed by atoms with E-state index in [2.05, 4.69) is 4.98 Å². The summed E-state index contributed by atoms with van der Waals surface area (Å²) in [6.45, 7) is 1.63. The summed E-state index contributed by atoms with van der Waals surface area (Å²) < 4.78 is 11.1. The summed E-state index contributed by atoms with van der Waals surface area (Å²) in [6, 6.07) is -0.176. The highest BCUT2D eigenvalue weighted by atomic mass is 35.5. The van der Waals surface area contributed by atoms with Gasteiger partial charge in [-0.15, -0.1) is 0 Å². The van der Waals surface area contributed by atoms with E-state index in [1.54, 1.807) is 4.90 Å². The molecule has 0 aromatic carbocycles. The quantitative estimate of drug-likeness (QED) is 0.703. The molecule has 5 nitrogen and oxygen atoms in total. The topological polar surface area (TPSA) is 51.7 Å². The first kappa shape index (κ1) is 17.5. The van der Waals surface area contributed by atoms with E-state index in [0.717, 1.165) is 19.3 Å². The first-order valence-corrected chi connectivity index (χ1v) is 8.76. The zero-order chi connectivity index (χ0) is 16.6. The van der Waals surface area contributed by atoms with E-state index in [-0.39, 0.29) is 37.9 Å². The van der Waals surface area contributed by atoms with Gasteiger partial charge in [0.2, 0.25) is 0 Å². The molecule has 0 spiro atoms. The molecule has 2 saturated heterocycles. The third kappa shape index (κ3) is 3.41. The molecule has 0 bridgehead atoms. The van der Waals surface area contributed by atoms with Gasteiger partial charge in [-0.3, -0.25) is 4.79 Å². The Bertz CT molecular complexity index is 623. The Morgan fingerprint density at radius 3 is 2.43 bits per heavy atom. The van der Waals surface area contributed by atoms with Crippen LogP contribution in [0.4, 0.5) is 0 Å². The Kier molecular flexibility index (Phi) is 5.56. The fraction of sp³-hybridized carbons (Fsp3) is 0.571. The van der Waals surface area contributed by atoms with Gasteiger partial charge in [0.1, 0.15) is 10.8 Å². The average molecular weight is 400 g/mol. The lowest BCUT2D eigenvalue weighted by atomic mass is 10.0. The molecule has 3 rings (SSSR count). The summed E-state index contributed by atoms with van der Waals surface area (Å²) in [7, 11) is 0. The van der Waals surface area contributed by atoms with Crippen LogP contribution in [-0.4, -0.2) is 47.9 Å². The molecule has 126 valence electrons. The normalized spacial score (nSPS) is 22.6. The van der Waals surface area contributed by atoms with Gasteiger partial charge in [0.05, 0.1) is 34.3 Å². The molecule has 9 heteroatoms. The van der Waals surface area contributed by atoms with Crippen molar-refractivity contribution in [3.63, 3.8) is 0 Å². The molecule has 2 aliphatic heterocycles. The van der Waals surface area contributed by atoms with E-state index in [9.17, 15) is 4.79 Å². The van der Waals surface area contributed by atoms with Crippen LogP contribution in [0.1, 0.15) is 29.8 Å². The Labute approximate surface area is 153 Å². The Morgan fingerprint density at radius 2 is 1.74 bits per heavy atom. The molecule has 23 heavy (non-hydrogen) atoms. The van der Waals surface area contributed by atoms with Crippen molar-refractivity contribution in [3.05, 3.63) is 25.9 Å². The molecule has 1 aromatic rings. The third-order valence-electron chi connectivity index (χ3n) is 3.96. The van der Waals surface area contributed by atoms with E-state index in [1.807, 2.05) is 0 Å². The minimum Gasteiger partial charge on any atom is -0.348 e. The van der Waals surface area contributed by atoms with Gasteiger partial charge in [0.25, 0.3) is 5.91 Å². The van der Waals surface area contributed by atoms with Crippen LogP contribution >= 0.6 is 46.4 Å². The molecule has 1 unspecified atom stereocenters.